The van der Waals surface area contributed by atoms with Crippen molar-refractivity contribution in [3.8, 4) is 5.75 Å². The quantitative estimate of drug-likeness (QED) is 0.818. The van der Waals surface area contributed by atoms with Crippen LogP contribution < -0.4 is 0 Å². The van der Waals surface area contributed by atoms with Crippen LogP contribution in [0.4, 0.5) is 0 Å². The van der Waals surface area contributed by atoms with Crippen molar-refractivity contribution in [2.75, 3.05) is 14.1 Å². The largest absolute Gasteiger partial charge is 0.507 e. The minimum Gasteiger partial charge on any atom is -0.507 e. The third-order valence-corrected chi connectivity index (χ3v) is 4.01. The van der Waals surface area contributed by atoms with Gasteiger partial charge in [-0.1, -0.05) is 39.8 Å². The highest BCUT2D eigenvalue weighted by atomic mass is 16.3. The Morgan fingerprint density at radius 1 is 1.00 bits per heavy atom. The predicted octanol–water partition coefficient (Wildman–Crippen LogP) is 4.48. The average molecular weight is 263 g/mol. The van der Waals surface area contributed by atoms with E-state index in [1.807, 2.05) is 0 Å². The van der Waals surface area contributed by atoms with Crippen LogP contribution in [0.25, 0.3) is 0 Å². The predicted molar refractivity (Wildman–Crippen MR) is 82.9 cm³/mol. The molecule has 0 aliphatic rings. The average Bonchev–Trinajstić information content (AvgIpc) is 2.38. The van der Waals surface area contributed by atoms with Crippen molar-refractivity contribution in [2.24, 2.45) is 0 Å². The molecule has 1 aromatic rings. The van der Waals surface area contributed by atoms with Gasteiger partial charge in [-0.25, -0.2) is 0 Å². The Morgan fingerprint density at radius 2 is 1.42 bits per heavy atom. The van der Waals surface area contributed by atoms with Crippen LogP contribution in [0, 0.1) is 0 Å². The molecule has 19 heavy (non-hydrogen) atoms. The van der Waals surface area contributed by atoms with Crippen molar-refractivity contribution >= 4 is 0 Å². The van der Waals surface area contributed by atoms with Gasteiger partial charge in [0.05, 0.1) is 0 Å². The maximum atomic E-state index is 10.5. The second-order valence-corrected chi connectivity index (χ2v) is 5.98. The Balaban J connectivity index is 3.29. The second kappa shape index (κ2) is 6.95. The number of rotatable bonds is 6. The molecule has 0 saturated heterocycles. The maximum absolute atomic E-state index is 10.5. The Bertz CT molecular complexity index is 381. The highest BCUT2D eigenvalue weighted by Gasteiger charge is 2.17. The third kappa shape index (κ3) is 3.97. The van der Waals surface area contributed by atoms with Gasteiger partial charge in [0.2, 0.25) is 0 Å². The number of benzene rings is 1. The molecule has 0 aliphatic carbocycles. The van der Waals surface area contributed by atoms with Gasteiger partial charge in [0.15, 0.2) is 0 Å². The van der Waals surface area contributed by atoms with Gasteiger partial charge in [0.1, 0.15) is 5.75 Å². The first-order valence-electron chi connectivity index (χ1n) is 7.41. The number of hydrogen-bond acceptors (Lipinski definition) is 2. The SMILES string of the molecule is CC[C@@H](C)c1cc(CN(C)C)cc([C@@H](C)CC)c1O. The van der Waals surface area contributed by atoms with Crippen LogP contribution in [0.3, 0.4) is 0 Å². The van der Waals surface area contributed by atoms with Crippen molar-refractivity contribution in [1.82, 2.24) is 4.90 Å². The molecule has 0 heterocycles. The van der Waals surface area contributed by atoms with Crippen LogP contribution >= 0.6 is 0 Å². The summed E-state index contributed by atoms with van der Waals surface area (Å²) in [4.78, 5) is 2.17. The Morgan fingerprint density at radius 3 is 1.74 bits per heavy atom. The van der Waals surface area contributed by atoms with Gasteiger partial charge in [-0.15, -0.1) is 0 Å². The van der Waals surface area contributed by atoms with Crippen LogP contribution in [-0.2, 0) is 6.54 Å². The smallest absolute Gasteiger partial charge is 0.122 e. The lowest BCUT2D eigenvalue weighted by Gasteiger charge is -2.21. The van der Waals surface area contributed by atoms with Crippen molar-refractivity contribution < 1.29 is 5.11 Å². The van der Waals surface area contributed by atoms with E-state index in [1.165, 1.54) is 5.56 Å². The second-order valence-electron chi connectivity index (χ2n) is 5.98. The lowest BCUT2D eigenvalue weighted by atomic mass is 9.88. The van der Waals surface area contributed by atoms with E-state index in [0.717, 1.165) is 30.5 Å². The molecule has 2 nitrogen and oxygen atoms in total. The van der Waals surface area contributed by atoms with E-state index in [-0.39, 0.29) is 0 Å². The van der Waals surface area contributed by atoms with Crippen molar-refractivity contribution in [3.05, 3.63) is 28.8 Å². The molecular weight excluding hydrogens is 234 g/mol. The fourth-order valence-electron chi connectivity index (χ4n) is 2.39. The summed E-state index contributed by atoms with van der Waals surface area (Å²) in [5.41, 5.74) is 3.52. The molecule has 0 unspecified atom stereocenters. The maximum Gasteiger partial charge on any atom is 0.122 e. The van der Waals surface area contributed by atoms with E-state index >= 15 is 0 Å². The summed E-state index contributed by atoms with van der Waals surface area (Å²) < 4.78 is 0. The van der Waals surface area contributed by atoms with E-state index in [2.05, 4.69) is 58.8 Å². The number of hydrogen-bond donors (Lipinski definition) is 1. The summed E-state index contributed by atoms with van der Waals surface area (Å²) in [5.74, 6) is 1.33. The van der Waals surface area contributed by atoms with Crippen molar-refractivity contribution in [2.45, 2.75) is 58.9 Å². The normalized spacial score (nSPS) is 14.7. The highest BCUT2D eigenvalue weighted by molar-refractivity contribution is 5.47. The molecule has 2 atom stereocenters. The lowest BCUT2D eigenvalue weighted by molar-refractivity contribution is 0.400. The fraction of sp³-hybridized carbons (Fsp3) is 0.647. The molecule has 2 heteroatoms. The van der Waals surface area contributed by atoms with E-state index in [4.69, 9.17) is 0 Å². The zero-order valence-electron chi connectivity index (χ0n) is 13.3. The molecule has 0 aliphatic heterocycles. The van der Waals surface area contributed by atoms with Gasteiger partial charge >= 0.3 is 0 Å². The minimum absolute atomic E-state index is 0.407. The van der Waals surface area contributed by atoms with E-state index in [9.17, 15) is 5.11 Å². The number of aromatic hydroxyl groups is 1. The van der Waals surface area contributed by atoms with Crippen LogP contribution in [0.5, 0.6) is 5.75 Å². The van der Waals surface area contributed by atoms with Gasteiger partial charge < -0.3 is 10.0 Å². The Hall–Kier alpha value is -1.02. The fourth-order valence-corrected chi connectivity index (χ4v) is 2.39. The molecule has 1 aromatic carbocycles. The lowest BCUT2D eigenvalue weighted by Crippen LogP contribution is -2.12. The summed E-state index contributed by atoms with van der Waals surface area (Å²) in [7, 11) is 4.16. The monoisotopic (exact) mass is 263 g/mol. The number of phenolic OH excluding ortho intramolecular Hbond substituents is 1. The van der Waals surface area contributed by atoms with Gasteiger partial charge in [0.25, 0.3) is 0 Å². The molecule has 1 rings (SSSR count). The Labute approximate surface area is 118 Å². The van der Waals surface area contributed by atoms with Gasteiger partial charge in [-0.05, 0) is 55.5 Å². The zero-order chi connectivity index (χ0) is 14.6. The topological polar surface area (TPSA) is 23.5 Å². The number of phenols is 1. The van der Waals surface area contributed by atoms with E-state index < -0.39 is 0 Å². The Kier molecular flexibility index (Phi) is 5.86. The van der Waals surface area contributed by atoms with Crippen molar-refractivity contribution in [1.29, 1.82) is 0 Å². The highest BCUT2D eigenvalue weighted by Crippen LogP contribution is 2.37. The first kappa shape index (κ1) is 16.0. The van der Waals surface area contributed by atoms with Crippen LogP contribution in [-0.4, -0.2) is 24.1 Å². The first-order chi connectivity index (χ1) is 8.90. The summed E-state index contributed by atoms with van der Waals surface area (Å²) >= 11 is 0. The van der Waals surface area contributed by atoms with Crippen LogP contribution in [0.15, 0.2) is 12.1 Å². The molecule has 0 spiro atoms. The van der Waals surface area contributed by atoms with Crippen LogP contribution in [0.1, 0.15) is 69.1 Å². The molecule has 0 aromatic heterocycles. The molecule has 0 saturated carbocycles. The summed E-state index contributed by atoms with van der Waals surface area (Å²) in [6, 6.07) is 4.35. The van der Waals surface area contributed by atoms with E-state index in [0.29, 0.717) is 17.6 Å². The summed E-state index contributed by atoms with van der Waals surface area (Å²) in [5, 5.41) is 10.5. The van der Waals surface area contributed by atoms with Gasteiger partial charge in [-0.2, -0.15) is 0 Å². The zero-order valence-corrected chi connectivity index (χ0v) is 13.3. The van der Waals surface area contributed by atoms with Gasteiger partial charge in [-0.3, -0.25) is 0 Å². The standard InChI is InChI=1S/C17H29NO/c1-7-12(3)15-9-14(11-18(5)6)10-16(17(15)19)13(4)8-2/h9-10,12-13,19H,7-8,11H2,1-6H3/t12-,13+. The summed E-state index contributed by atoms with van der Waals surface area (Å²) in [6.07, 6.45) is 2.11. The molecule has 1 N–H and O–H groups in total. The van der Waals surface area contributed by atoms with E-state index in [1.54, 1.807) is 0 Å². The summed E-state index contributed by atoms with van der Waals surface area (Å²) in [6.45, 7) is 9.65. The van der Waals surface area contributed by atoms with Crippen molar-refractivity contribution in [3.63, 3.8) is 0 Å². The molecule has 0 fully saturated rings. The molecule has 0 bridgehead atoms. The van der Waals surface area contributed by atoms with Crippen LogP contribution in [0.2, 0.25) is 0 Å². The molecule has 108 valence electrons. The molecular formula is C17H29NO. The minimum atomic E-state index is 0.407. The molecule has 0 amide bonds. The first-order valence-corrected chi connectivity index (χ1v) is 7.41. The van der Waals surface area contributed by atoms with Gasteiger partial charge in [0, 0.05) is 6.54 Å². The third-order valence-electron chi connectivity index (χ3n) is 4.01. The molecule has 0 radical (unpaired) electrons. The number of nitrogens with zero attached hydrogens (tertiary/aromatic N) is 1.